The number of fused-ring (bicyclic) bond motifs is 1. The third kappa shape index (κ3) is 6.39. The maximum atomic E-state index is 14.1. The van der Waals surface area contributed by atoms with Crippen molar-refractivity contribution >= 4 is 29.8 Å². The van der Waals surface area contributed by atoms with E-state index in [0.29, 0.717) is 19.4 Å². The van der Waals surface area contributed by atoms with Crippen LogP contribution in [0.4, 0.5) is 4.79 Å². The number of nitrogens with one attached hydrogen (secondary N) is 3. The number of amides is 4. The Morgan fingerprint density at radius 1 is 0.976 bits per heavy atom. The maximum Gasteiger partial charge on any atom is 0.408 e. The predicted molar refractivity (Wildman–Crippen MR) is 155 cm³/mol. The van der Waals surface area contributed by atoms with Gasteiger partial charge in [0.15, 0.2) is 6.10 Å². The van der Waals surface area contributed by atoms with Crippen molar-refractivity contribution in [1.29, 1.82) is 0 Å². The van der Waals surface area contributed by atoms with Crippen molar-refractivity contribution in [3.05, 3.63) is 0 Å². The van der Waals surface area contributed by atoms with Gasteiger partial charge in [0, 0.05) is 31.0 Å². The first-order valence-electron chi connectivity index (χ1n) is 15.3. The minimum absolute atomic E-state index is 0.00280. The Labute approximate surface area is 249 Å². The molecular formula is C31H50N4O7. The monoisotopic (exact) mass is 590 g/mol. The number of ether oxygens (including phenoxy) is 2. The molecule has 4 fully saturated rings. The summed E-state index contributed by atoms with van der Waals surface area (Å²) in [6, 6.07) is -0.543. The third-order valence-electron chi connectivity index (χ3n) is 9.85. The fraction of sp³-hybridized carbons (Fsp3) is 0.839. The summed E-state index contributed by atoms with van der Waals surface area (Å²) in [7, 11) is 0. The summed E-state index contributed by atoms with van der Waals surface area (Å²) in [5, 5.41) is 8.91. The van der Waals surface area contributed by atoms with Crippen LogP contribution in [0.15, 0.2) is 0 Å². The quantitative estimate of drug-likeness (QED) is 0.351. The molecule has 5 atom stereocenters. The van der Waals surface area contributed by atoms with Gasteiger partial charge in [-0.15, -0.1) is 0 Å². The van der Waals surface area contributed by atoms with E-state index in [0.717, 1.165) is 12.8 Å². The molecule has 0 spiro atoms. The molecule has 11 heteroatoms. The Balaban J connectivity index is 1.47. The second-order valence-corrected chi connectivity index (χ2v) is 15.4. The number of esters is 1. The van der Waals surface area contributed by atoms with Gasteiger partial charge in [-0.2, -0.15) is 0 Å². The lowest BCUT2D eigenvalue weighted by Gasteiger charge is -2.48. The van der Waals surface area contributed by atoms with Crippen molar-refractivity contribution in [3.63, 3.8) is 0 Å². The molecule has 4 rings (SSSR count). The summed E-state index contributed by atoms with van der Waals surface area (Å²) >= 11 is 0. The van der Waals surface area contributed by atoms with Gasteiger partial charge in [0.05, 0.1) is 0 Å². The number of likely N-dealkylation sites (tertiary alicyclic amines) is 1. The number of hydrogen-bond donors (Lipinski definition) is 3. The summed E-state index contributed by atoms with van der Waals surface area (Å²) in [5.41, 5.74) is -2.70. The number of nitrogens with zero attached hydrogens (tertiary/aromatic N) is 1. The molecule has 42 heavy (non-hydrogen) atoms. The van der Waals surface area contributed by atoms with Crippen LogP contribution in [-0.2, 0) is 28.7 Å². The summed E-state index contributed by atoms with van der Waals surface area (Å²) < 4.78 is 10.9. The Bertz CT molecular complexity index is 1130. The molecule has 0 aromatic rings. The summed E-state index contributed by atoms with van der Waals surface area (Å²) in [6.07, 6.45) is 1.21. The Morgan fingerprint density at radius 2 is 1.57 bits per heavy atom. The van der Waals surface area contributed by atoms with Crippen molar-refractivity contribution < 1.29 is 33.4 Å². The molecule has 4 aliphatic rings. The minimum atomic E-state index is -1.28. The highest BCUT2D eigenvalue weighted by Gasteiger charge is 2.70. The first kappa shape index (κ1) is 32.1. The molecule has 1 saturated heterocycles. The Kier molecular flexibility index (Phi) is 8.17. The van der Waals surface area contributed by atoms with E-state index < -0.39 is 40.9 Å². The van der Waals surface area contributed by atoms with E-state index in [2.05, 4.69) is 29.8 Å². The van der Waals surface area contributed by atoms with Gasteiger partial charge in [-0.3, -0.25) is 19.2 Å². The van der Waals surface area contributed by atoms with Gasteiger partial charge in [0.1, 0.15) is 17.2 Å². The van der Waals surface area contributed by atoms with Crippen LogP contribution in [0.25, 0.3) is 0 Å². The zero-order valence-electron chi connectivity index (χ0n) is 26.9. The van der Waals surface area contributed by atoms with Crippen LogP contribution in [0.2, 0.25) is 0 Å². The Hall–Kier alpha value is -2.85. The number of piperidine rings is 1. The van der Waals surface area contributed by atoms with Crippen molar-refractivity contribution in [2.75, 3.05) is 6.54 Å². The van der Waals surface area contributed by atoms with Crippen molar-refractivity contribution in [1.82, 2.24) is 20.9 Å². The lowest BCUT2D eigenvalue weighted by Crippen LogP contribution is -2.66. The zero-order chi connectivity index (χ0) is 31.6. The number of rotatable bonds is 9. The molecule has 3 saturated carbocycles. The SMILES string of the molecule is CC(=O)OC(C(=O)NC1CC1)C1CC(C)(NC(=O)C2C3C(CN2C(=O)[C@@](C)(NC(=O)OC(C)(C)C)C(C)C)C3(C)C)C1. The van der Waals surface area contributed by atoms with Crippen LogP contribution in [-0.4, -0.2) is 76.1 Å². The van der Waals surface area contributed by atoms with Crippen LogP contribution in [0, 0.1) is 29.1 Å². The standard InChI is InChI=1S/C31H50N4O7/c1-16(2)31(10,34-27(40)42-28(4,5)6)26(39)35-15-20-21(29(20,7)8)22(35)24(37)33-30(9)13-18(14-30)23(41-17(3)36)25(38)32-19-11-12-19/h16,18-23H,11-15H2,1-10H3,(H,32,38)(H,33,37)(H,34,40)/t18?,20?,21?,22?,23?,30?,31-/m0/s1. The molecule has 4 unspecified atom stereocenters. The van der Waals surface area contributed by atoms with Crippen LogP contribution < -0.4 is 16.0 Å². The van der Waals surface area contributed by atoms with Crippen LogP contribution in [0.5, 0.6) is 0 Å². The second kappa shape index (κ2) is 10.7. The van der Waals surface area contributed by atoms with E-state index in [-0.39, 0.29) is 52.8 Å². The van der Waals surface area contributed by atoms with Gasteiger partial charge in [-0.05, 0) is 83.5 Å². The number of carbonyl (C=O) groups is 5. The largest absolute Gasteiger partial charge is 0.452 e. The van der Waals surface area contributed by atoms with E-state index in [1.54, 1.807) is 32.6 Å². The second-order valence-electron chi connectivity index (χ2n) is 15.4. The lowest BCUT2D eigenvalue weighted by molar-refractivity contribution is -0.162. The van der Waals surface area contributed by atoms with Gasteiger partial charge in [0.2, 0.25) is 11.8 Å². The minimum Gasteiger partial charge on any atom is -0.452 e. The molecule has 0 aromatic heterocycles. The number of carbonyl (C=O) groups excluding carboxylic acids is 5. The van der Waals surface area contributed by atoms with Crippen LogP contribution >= 0.6 is 0 Å². The van der Waals surface area contributed by atoms with Gasteiger partial charge in [-0.25, -0.2) is 4.79 Å². The highest BCUT2D eigenvalue weighted by Crippen LogP contribution is 2.65. The summed E-state index contributed by atoms with van der Waals surface area (Å²) in [4.78, 5) is 67.0. The fourth-order valence-electron chi connectivity index (χ4n) is 6.89. The van der Waals surface area contributed by atoms with Crippen molar-refractivity contribution in [2.24, 2.45) is 29.1 Å². The molecule has 0 radical (unpaired) electrons. The molecule has 0 aromatic carbocycles. The van der Waals surface area contributed by atoms with Gasteiger partial charge in [0.25, 0.3) is 5.91 Å². The third-order valence-corrected chi connectivity index (χ3v) is 9.85. The van der Waals surface area contributed by atoms with Crippen molar-refractivity contribution in [2.45, 2.75) is 130 Å². The van der Waals surface area contributed by atoms with E-state index >= 15 is 0 Å². The normalized spacial score (nSPS) is 31.5. The lowest BCUT2D eigenvalue weighted by atomic mass is 9.66. The van der Waals surface area contributed by atoms with Gasteiger partial charge >= 0.3 is 12.1 Å². The van der Waals surface area contributed by atoms with Crippen LogP contribution in [0.1, 0.15) is 94.9 Å². The molecule has 0 bridgehead atoms. The zero-order valence-corrected chi connectivity index (χ0v) is 26.9. The maximum absolute atomic E-state index is 14.1. The molecule has 3 aliphatic carbocycles. The Morgan fingerprint density at radius 3 is 2.07 bits per heavy atom. The van der Waals surface area contributed by atoms with E-state index in [9.17, 15) is 24.0 Å². The molecule has 3 N–H and O–H groups in total. The van der Waals surface area contributed by atoms with E-state index in [4.69, 9.17) is 9.47 Å². The van der Waals surface area contributed by atoms with E-state index in [1.807, 2.05) is 20.8 Å². The first-order chi connectivity index (χ1) is 19.2. The average molecular weight is 591 g/mol. The number of hydrogen-bond acceptors (Lipinski definition) is 7. The first-order valence-corrected chi connectivity index (χ1v) is 15.3. The molecule has 236 valence electrons. The highest BCUT2D eigenvalue weighted by molar-refractivity contribution is 5.95. The fourth-order valence-corrected chi connectivity index (χ4v) is 6.89. The molecule has 1 heterocycles. The topological polar surface area (TPSA) is 143 Å². The van der Waals surface area contributed by atoms with Gasteiger partial charge < -0.3 is 30.3 Å². The van der Waals surface area contributed by atoms with Crippen LogP contribution in [0.3, 0.4) is 0 Å². The molecule has 11 nitrogen and oxygen atoms in total. The number of alkyl carbamates (subject to hydrolysis) is 1. The molecule has 1 aliphatic heterocycles. The predicted octanol–water partition coefficient (Wildman–Crippen LogP) is 2.90. The summed E-state index contributed by atoms with van der Waals surface area (Å²) in [5.74, 6) is -1.66. The molecule has 4 amide bonds. The molecular weight excluding hydrogens is 540 g/mol. The van der Waals surface area contributed by atoms with Crippen molar-refractivity contribution in [3.8, 4) is 0 Å². The van der Waals surface area contributed by atoms with E-state index in [1.165, 1.54) is 6.92 Å². The van der Waals surface area contributed by atoms with Gasteiger partial charge in [-0.1, -0.05) is 27.7 Å². The summed E-state index contributed by atoms with van der Waals surface area (Å²) in [6.45, 7) is 18.6. The highest BCUT2D eigenvalue weighted by atomic mass is 16.6. The smallest absolute Gasteiger partial charge is 0.408 e. The average Bonchev–Trinajstić information content (AvgIpc) is 3.66.